The van der Waals surface area contributed by atoms with Crippen molar-refractivity contribution < 1.29 is 4.79 Å². The lowest BCUT2D eigenvalue weighted by Gasteiger charge is -2.03. The van der Waals surface area contributed by atoms with E-state index in [9.17, 15) is 4.79 Å². The Morgan fingerprint density at radius 1 is 1.50 bits per heavy atom. The smallest absolute Gasteiger partial charge is 0.258 e. The van der Waals surface area contributed by atoms with Crippen LogP contribution in [0.1, 0.15) is 10.4 Å². The van der Waals surface area contributed by atoms with Crippen molar-refractivity contribution in [2.45, 2.75) is 0 Å². The summed E-state index contributed by atoms with van der Waals surface area (Å²) in [4.78, 5) is 11.9. The van der Waals surface area contributed by atoms with Gasteiger partial charge in [0.25, 0.3) is 5.91 Å². The van der Waals surface area contributed by atoms with E-state index in [0.717, 1.165) is 19.6 Å². The Morgan fingerprint density at radius 2 is 2.31 bits per heavy atom. The van der Waals surface area contributed by atoms with Gasteiger partial charge in [-0.05, 0) is 46.0 Å². The predicted octanol–water partition coefficient (Wildman–Crippen LogP) is 2.55. The van der Waals surface area contributed by atoms with E-state index in [0.29, 0.717) is 10.7 Å². The third-order valence-corrected chi connectivity index (χ3v) is 3.64. The normalized spacial score (nSPS) is 10.1. The minimum Gasteiger partial charge on any atom is -0.295 e. The molecule has 1 aromatic carbocycles. The first-order chi connectivity index (χ1) is 7.66. The molecular weight excluding hydrogens is 407 g/mol. The molecule has 0 aliphatic carbocycles. The number of benzene rings is 1. The van der Waals surface area contributed by atoms with Crippen LogP contribution in [-0.4, -0.2) is 20.7 Å². The van der Waals surface area contributed by atoms with Crippen LogP contribution < -0.4 is 5.32 Å². The molecule has 1 heterocycles. The van der Waals surface area contributed by atoms with E-state index in [1.807, 2.05) is 12.1 Å². The maximum absolute atomic E-state index is 11.9. The van der Waals surface area contributed by atoms with Crippen molar-refractivity contribution in [2.24, 2.45) is 0 Å². The molecule has 0 unspecified atom stereocenters. The van der Waals surface area contributed by atoms with Gasteiger partial charge in [0.15, 0.2) is 0 Å². The Labute approximate surface area is 117 Å². The van der Waals surface area contributed by atoms with Gasteiger partial charge in [0.1, 0.15) is 0 Å². The summed E-state index contributed by atoms with van der Waals surface area (Å²) in [6.45, 7) is 0. The van der Waals surface area contributed by atoms with Gasteiger partial charge < -0.3 is 0 Å². The van der Waals surface area contributed by atoms with Gasteiger partial charge in [-0.15, -0.1) is 0 Å². The molecule has 82 valence electrons. The van der Waals surface area contributed by atoms with Crippen LogP contribution in [0, 0.1) is 3.57 Å². The topological polar surface area (TPSA) is 67.8 Å². The molecule has 0 spiro atoms. The quantitative estimate of drug-likeness (QED) is 0.772. The largest absolute Gasteiger partial charge is 0.295 e. The van der Waals surface area contributed by atoms with Crippen LogP contribution in [0.15, 0.2) is 22.7 Å². The van der Waals surface area contributed by atoms with Crippen molar-refractivity contribution in [3.05, 3.63) is 31.8 Å². The highest BCUT2D eigenvalue weighted by Gasteiger charge is 2.12. The maximum atomic E-state index is 11.9. The third-order valence-electron chi connectivity index (χ3n) is 1.69. The fourth-order valence-electron chi connectivity index (χ4n) is 1.02. The summed E-state index contributed by atoms with van der Waals surface area (Å²) >= 11 is 6.46. The zero-order valence-electron chi connectivity index (χ0n) is 7.65. The van der Waals surface area contributed by atoms with Crippen LogP contribution >= 0.6 is 50.1 Å². The Morgan fingerprint density at radius 3 is 3.00 bits per heavy atom. The molecule has 0 aliphatic rings. The number of carbonyl (C=O) groups excluding carboxylic acids is 1. The summed E-state index contributed by atoms with van der Waals surface area (Å²) in [5.41, 5.74) is 0.588. The molecule has 0 radical (unpaired) electrons. The van der Waals surface area contributed by atoms with Crippen LogP contribution in [0.5, 0.6) is 0 Å². The minimum absolute atomic E-state index is 0.218. The summed E-state index contributed by atoms with van der Waals surface area (Å²) in [5, 5.41) is 10.1. The van der Waals surface area contributed by atoms with Gasteiger partial charge in [0, 0.05) is 19.6 Å². The molecule has 0 fully saturated rings. The second-order valence-corrected chi connectivity index (χ2v) is 5.56. The van der Waals surface area contributed by atoms with Crippen LogP contribution in [0.25, 0.3) is 0 Å². The van der Waals surface area contributed by atoms with E-state index in [-0.39, 0.29) is 5.91 Å². The molecule has 1 N–H and O–H groups in total. The number of amides is 1. The lowest BCUT2D eigenvalue weighted by molar-refractivity contribution is 0.102. The molecule has 0 saturated carbocycles. The van der Waals surface area contributed by atoms with Gasteiger partial charge >= 0.3 is 0 Å². The fraction of sp³-hybridized carbons (Fsp3) is 0. The average molecular weight is 411 g/mol. The second-order valence-electron chi connectivity index (χ2n) is 2.75. The highest BCUT2D eigenvalue weighted by atomic mass is 127. The number of nitrogens with zero attached hydrogens (tertiary/aromatic N) is 3. The Bertz CT molecular complexity index is 519. The fourth-order valence-corrected chi connectivity index (χ4v) is 2.32. The highest BCUT2D eigenvalue weighted by Crippen LogP contribution is 2.19. The average Bonchev–Trinajstić information content (AvgIpc) is 2.74. The lowest BCUT2D eigenvalue weighted by atomic mass is 10.2. The zero-order valence-corrected chi connectivity index (χ0v) is 12.2. The molecule has 16 heavy (non-hydrogen) atoms. The number of aromatic nitrogens is 3. The lowest BCUT2D eigenvalue weighted by Crippen LogP contribution is -2.13. The highest BCUT2D eigenvalue weighted by molar-refractivity contribution is 14.1. The molecule has 0 atom stereocenters. The molecule has 0 bridgehead atoms. The number of carbonyl (C=O) groups is 1. The summed E-state index contributed by atoms with van der Waals surface area (Å²) in [5.74, 6) is -0.218. The van der Waals surface area contributed by atoms with E-state index in [2.05, 4.69) is 58.6 Å². The van der Waals surface area contributed by atoms with Gasteiger partial charge in [0.05, 0.1) is 5.56 Å². The molecule has 0 saturated heterocycles. The predicted molar refractivity (Wildman–Crippen MR) is 72.5 cm³/mol. The van der Waals surface area contributed by atoms with Crippen molar-refractivity contribution in [3.63, 3.8) is 0 Å². The first-order valence-electron chi connectivity index (χ1n) is 4.08. The van der Waals surface area contributed by atoms with Crippen molar-refractivity contribution >= 4 is 61.1 Å². The van der Waals surface area contributed by atoms with Crippen molar-refractivity contribution in [1.82, 2.24) is 14.8 Å². The molecular formula is C8H4BrIN4OS. The number of hydrogen-bond donors (Lipinski definition) is 1. The van der Waals surface area contributed by atoms with E-state index in [1.165, 1.54) is 0 Å². The summed E-state index contributed by atoms with van der Waals surface area (Å²) in [6, 6.07) is 5.49. The van der Waals surface area contributed by atoms with Gasteiger partial charge in [-0.25, -0.2) is 0 Å². The van der Waals surface area contributed by atoms with Gasteiger partial charge in [-0.3, -0.25) is 10.1 Å². The Hall–Kier alpha value is -0.610. The van der Waals surface area contributed by atoms with Crippen LogP contribution in [-0.2, 0) is 0 Å². The number of halogens is 2. The number of rotatable bonds is 2. The summed E-state index contributed by atoms with van der Waals surface area (Å²) in [7, 11) is 0. The summed E-state index contributed by atoms with van der Waals surface area (Å²) in [6.07, 6.45) is 0. The van der Waals surface area contributed by atoms with Crippen LogP contribution in [0.3, 0.4) is 0 Å². The van der Waals surface area contributed by atoms with E-state index in [1.54, 1.807) is 6.07 Å². The molecule has 2 rings (SSSR count). The van der Waals surface area contributed by atoms with Gasteiger partial charge in [-0.2, -0.15) is 0 Å². The van der Waals surface area contributed by atoms with Gasteiger partial charge in [-0.1, -0.05) is 25.5 Å². The van der Waals surface area contributed by atoms with Crippen molar-refractivity contribution in [1.29, 1.82) is 0 Å². The third kappa shape index (κ3) is 2.74. The molecule has 1 aromatic heterocycles. The van der Waals surface area contributed by atoms with Crippen LogP contribution in [0.2, 0.25) is 0 Å². The van der Waals surface area contributed by atoms with Gasteiger partial charge in [0.2, 0.25) is 5.13 Å². The molecule has 1 amide bonds. The number of nitrogens with one attached hydrogen (secondary N) is 1. The molecule has 0 aliphatic heterocycles. The molecule has 8 heteroatoms. The van der Waals surface area contributed by atoms with E-state index >= 15 is 0 Å². The molecule has 2 aromatic rings. The van der Waals surface area contributed by atoms with Crippen LogP contribution in [0.4, 0.5) is 5.13 Å². The summed E-state index contributed by atoms with van der Waals surface area (Å²) < 4.78 is 5.29. The molecule has 5 nitrogen and oxygen atoms in total. The van der Waals surface area contributed by atoms with Crippen molar-refractivity contribution in [3.8, 4) is 0 Å². The Balaban J connectivity index is 2.24. The first kappa shape index (κ1) is 11.9. The number of anilines is 1. The standard InChI is InChI=1S/C8H4BrIN4OS/c9-4-1-2-6(10)5(3-4)7(15)11-8-12-13-14-16-8/h1-3H,(H,11,12,14,15). The Kier molecular flexibility index (Phi) is 3.82. The van der Waals surface area contributed by atoms with E-state index < -0.39 is 0 Å². The first-order valence-corrected chi connectivity index (χ1v) is 6.73. The SMILES string of the molecule is O=C(Nc1nnns1)c1cc(Br)ccc1I. The van der Waals surface area contributed by atoms with E-state index in [4.69, 9.17) is 0 Å². The monoisotopic (exact) mass is 410 g/mol. The number of hydrogen-bond acceptors (Lipinski definition) is 5. The minimum atomic E-state index is -0.218. The maximum Gasteiger partial charge on any atom is 0.258 e. The zero-order chi connectivity index (χ0) is 11.5. The van der Waals surface area contributed by atoms with Crippen molar-refractivity contribution in [2.75, 3.05) is 5.32 Å². The second kappa shape index (κ2) is 5.15.